The molecular weight excluding hydrogens is 240 g/mol. The summed E-state index contributed by atoms with van der Waals surface area (Å²) < 4.78 is 5.36. The van der Waals surface area contributed by atoms with Crippen LogP contribution in [-0.2, 0) is 4.79 Å². The first-order valence-corrected chi connectivity index (χ1v) is 6.83. The van der Waals surface area contributed by atoms with E-state index >= 15 is 0 Å². The number of methoxy groups -OCH3 is 1. The van der Waals surface area contributed by atoms with Gasteiger partial charge in [0.25, 0.3) is 0 Å². The van der Waals surface area contributed by atoms with Gasteiger partial charge in [0.1, 0.15) is 5.75 Å². The Kier molecular flexibility index (Phi) is 4.43. The molecule has 0 spiro atoms. The number of ether oxygens (including phenoxy) is 1. The largest absolute Gasteiger partial charge is 0.495 e. The Morgan fingerprint density at radius 3 is 2.74 bits per heavy atom. The molecule has 1 aromatic rings. The van der Waals surface area contributed by atoms with Gasteiger partial charge in [0.05, 0.1) is 12.8 Å². The number of hydrogen-bond acceptors (Lipinski definition) is 3. The van der Waals surface area contributed by atoms with E-state index in [2.05, 4.69) is 6.92 Å². The normalized spacial score (nSPS) is 21.0. The predicted molar refractivity (Wildman–Crippen MR) is 76.3 cm³/mol. The second-order valence-corrected chi connectivity index (χ2v) is 5.12. The second kappa shape index (κ2) is 6.06. The molecule has 2 unspecified atom stereocenters. The van der Waals surface area contributed by atoms with Crippen molar-refractivity contribution >= 4 is 11.6 Å². The van der Waals surface area contributed by atoms with Crippen LogP contribution in [0.15, 0.2) is 24.3 Å². The van der Waals surface area contributed by atoms with Crippen molar-refractivity contribution in [2.45, 2.75) is 19.8 Å². The molecule has 1 fully saturated rings. The van der Waals surface area contributed by atoms with Gasteiger partial charge in [0.2, 0.25) is 5.91 Å². The van der Waals surface area contributed by atoms with E-state index in [9.17, 15) is 4.79 Å². The Hall–Kier alpha value is -1.55. The van der Waals surface area contributed by atoms with E-state index in [-0.39, 0.29) is 11.8 Å². The molecule has 4 heteroatoms. The van der Waals surface area contributed by atoms with Crippen LogP contribution in [0.25, 0.3) is 0 Å². The van der Waals surface area contributed by atoms with Crippen LogP contribution in [-0.4, -0.2) is 26.1 Å². The van der Waals surface area contributed by atoms with Crippen LogP contribution in [0, 0.1) is 11.8 Å². The number of nitrogens with zero attached hydrogens (tertiary/aromatic N) is 1. The number of anilines is 1. The van der Waals surface area contributed by atoms with Crippen LogP contribution in [0.4, 0.5) is 5.69 Å². The van der Waals surface area contributed by atoms with E-state index in [1.165, 1.54) is 0 Å². The Bertz CT molecular complexity index is 448. The fourth-order valence-electron chi connectivity index (χ4n) is 2.32. The van der Waals surface area contributed by atoms with Crippen molar-refractivity contribution in [3.63, 3.8) is 0 Å². The van der Waals surface area contributed by atoms with Crippen molar-refractivity contribution in [2.24, 2.45) is 17.6 Å². The zero-order valence-corrected chi connectivity index (χ0v) is 11.6. The maximum absolute atomic E-state index is 12.5. The third-order valence-electron chi connectivity index (χ3n) is 3.65. The highest BCUT2D eigenvalue weighted by atomic mass is 16.5. The maximum atomic E-state index is 12.5. The molecule has 1 aliphatic carbocycles. The van der Waals surface area contributed by atoms with E-state index in [1.54, 1.807) is 7.11 Å². The Morgan fingerprint density at radius 1 is 1.47 bits per heavy atom. The monoisotopic (exact) mass is 262 g/mol. The highest BCUT2D eigenvalue weighted by Gasteiger charge is 2.42. The molecule has 2 N–H and O–H groups in total. The third kappa shape index (κ3) is 3.07. The molecule has 0 radical (unpaired) electrons. The van der Waals surface area contributed by atoms with Gasteiger partial charge in [-0.25, -0.2) is 0 Å². The van der Waals surface area contributed by atoms with Crippen molar-refractivity contribution in [2.75, 3.05) is 25.1 Å². The summed E-state index contributed by atoms with van der Waals surface area (Å²) in [5, 5.41) is 0. The first kappa shape index (κ1) is 13.9. The molecule has 1 saturated carbocycles. The summed E-state index contributed by atoms with van der Waals surface area (Å²) in [5.74, 6) is 1.61. The van der Waals surface area contributed by atoms with Gasteiger partial charge in [-0.1, -0.05) is 19.1 Å². The number of amides is 1. The zero-order valence-electron chi connectivity index (χ0n) is 11.6. The number of para-hydroxylation sites is 2. The highest BCUT2D eigenvalue weighted by molar-refractivity contribution is 5.98. The smallest absolute Gasteiger partial charge is 0.230 e. The van der Waals surface area contributed by atoms with E-state index in [0.29, 0.717) is 19.0 Å². The average Bonchev–Trinajstić information content (AvgIpc) is 3.16. The summed E-state index contributed by atoms with van der Waals surface area (Å²) in [6.45, 7) is 3.35. The van der Waals surface area contributed by atoms with E-state index in [0.717, 1.165) is 24.3 Å². The molecule has 0 saturated heterocycles. The number of carbonyl (C=O) groups excluding carboxylic acids is 1. The van der Waals surface area contributed by atoms with Crippen molar-refractivity contribution < 1.29 is 9.53 Å². The highest BCUT2D eigenvalue weighted by Crippen LogP contribution is 2.41. The summed E-state index contributed by atoms with van der Waals surface area (Å²) in [6, 6.07) is 7.65. The molecule has 1 amide bonds. The van der Waals surface area contributed by atoms with Crippen LogP contribution in [0.3, 0.4) is 0 Å². The molecule has 1 aromatic carbocycles. The van der Waals surface area contributed by atoms with Gasteiger partial charge in [-0.3, -0.25) is 4.79 Å². The summed E-state index contributed by atoms with van der Waals surface area (Å²) in [5.41, 5.74) is 6.42. The molecule has 1 aliphatic rings. The summed E-state index contributed by atoms with van der Waals surface area (Å²) in [7, 11) is 1.63. The first-order chi connectivity index (χ1) is 9.19. The van der Waals surface area contributed by atoms with Gasteiger partial charge < -0.3 is 15.4 Å². The molecule has 104 valence electrons. The minimum atomic E-state index is 0.169. The quantitative estimate of drug-likeness (QED) is 0.853. The maximum Gasteiger partial charge on any atom is 0.230 e. The van der Waals surface area contributed by atoms with Crippen LogP contribution in [0.5, 0.6) is 5.75 Å². The molecule has 2 rings (SSSR count). The van der Waals surface area contributed by atoms with E-state index in [1.807, 2.05) is 29.2 Å². The van der Waals surface area contributed by atoms with Crippen molar-refractivity contribution in [3.05, 3.63) is 24.3 Å². The standard InChI is InChI=1S/C15H22N2O2/c1-11-10-12(11)15(18)17(9-5-8-16)13-6-3-4-7-14(13)19-2/h3-4,6-7,11-12H,5,8-10,16H2,1-2H3. The van der Waals surface area contributed by atoms with Crippen LogP contribution >= 0.6 is 0 Å². The fourth-order valence-corrected chi connectivity index (χ4v) is 2.32. The van der Waals surface area contributed by atoms with Gasteiger partial charge in [-0.15, -0.1) is 0 Å². The Balaban J connectivity index is 2.23. The Labute approximate surface area is 114 Å². The van der Waals surface area contributed by atoms with Crippen molar-refractivity contribution in [1.82, 2.24) is 0 Å². The topological polar surface area (TPSA) is 55.6 Å². The molecule has 0 bridgehead atoms. The lowest BCUT2D eigenvalue weighted by molar-refractivity contribution is -0.120. The van der Waals surface area contributed by atoms with Crippen LogP contribution < -0.4 is 15.4 Å². The molecule has 19 heavy (non-hydrogen) atoms. The van der Waals surface area contributed by atoms with Crippen molar-refractivity contribution in [3.8, 4) is 5.75 Å². The molecule has 2 atom stereocenters. The minimum absolute atomic E-state index is 0.169. The summed E-state index contributed by atoms with van der Waals surface area (Å²) in [6.07, 6.45) is 1.79. The number of carbonyl (C=O) groups is 1. The van der Waals surface area contributed by atoms with Crippen LogP contribution in [0.1, 0.15) is 19.8 Å². The summed E-state index contributed by atoms with van der Waals surface area (Å²) in [4.78, 5) is 14.4. The molecule has 0 heterocycles. The number of hydrogen-bond donors (Lipinski definition) is 1. The van der Waals surface area contributed by atoms with E-state index in [4.69, 9.17) is 10.5 Å². The number of benzene rings is 1. The predicted octanol–water partition coefficient (Wildman–Crippen LogP) is 2.03. The van der Waals surface area contributed by atoms with Gasteiger partial charge >= 0.3 is 0 Å². The number of rotatable bonds is 6. The summed E-state index contributed by atoms with van der Waals surface area (Å²) >= 11 is 0. The first-order valence-electron chi connectivity index (χ1n) is 6.83. The fraction of sp³-hybridized carbons (Fsp3) is 0.533. The molecule has 0 aromatic heterocycles. The van der Waals surface area contributed by atoms with Gasteiger partial charge in [0.15, 0.2) is 0 Å². The van der Waals surface area contributed by atoms with Gasteiger partial charge in [-0.2, -0.15) is 0 Å². The van der Waals surface area contributed by atoms with E-state index < -0.39 is 0 Å². The molecule has 0 aliphatic heterocycles. The lowest BCUT2D eigenvalue weighted by atomic mass is 10.2. The molecular formula is C15H22N2O2. The van der Waals surface area contributed by atoms with Gasteiger partial charge in [-0.05, 0) is 37.4 Å². The lowest BCUT2D eigenvalue weighted by Gasteiger charge is -2.24. The van der Waals surface area contributed by atoms with Crippen LogP contribution in [0.2, 0.25) is 0 Å². The zero-order chi connectivity index (χ0) is 13.8. The SMILES string of the molecule is COc1ccccc1N(CCCN)C(=O)C1CC1C. The van der Waals surface area contributed by atoms with Crippen molar-refractivity contribution in [1.29, 1.82) is 0 Å². The van der Waals surface area contributed by atoms with Gasteiger partial charge in [0, 0.05) is 12.5 Å². The lowest BCUT2D eigenvalue weighted by Crippen LogP contribution is -2.34. The third-order valence-corrected chi connectivity index (χ3v) is 3.65. The second-order valence-electron chi connectivity index (χ2n) is 5.12. The molecule has 4 nitrogen and oxygen atoms in total. The Morgan fingerprint density at radius 2 is 2.16 bits per heavy atom. The average molecular weight is 262 g/mol. The number of nitrogens with two attached hydrogens (primary N) is 1. The minimum Gasteiger partial charge on any atom is -0.495 e.